The first-order valence-electron chi connectivity index (χ1n) is 34.2. The van der Waals surface area contributed by atoms with E-state index in [0.29, 0.717) is 100.0 Å². The Morgan fingerprint density at radius 3 is 2.18 bits per heavy atom. The van der Waals surface area contributed by atoms with Crippen molar-refractivity contribution in [3.05, 3.63) is 47.3 Å². The number of benzene rings is 1. The number of aliphatic hydroxyl groups excluding tert-OH is 3. The zero-order valence-corrected chi connectivity index (χ0v) is 59.8. The van der Waals surface area contributed by atoms with Crippen molar-refractivity contribution in [3.8, 4) is 5.75 Å². The number of nitrogens with zero attached hydrogens (tertiary/aromatic N) is 3. The number of amides is 11. The van der Waals surface area contributed by atoms with Crippen molar-refractivity contribution in [2.45, 2.75) is 131 Å². The van der Waals surface area contributed by atoms with E-state index in [1.54, 1.807) is 37.2 Å². The molecule has 0 radical (unpaired) electrons. The predicted molar refractivity (Wildman–Crippen MR) is 370 cm³/mol. The number of aromatic nitrogens is 1. The summed E-state index contributed by atoms with van der Waals surface area (Å²) in [6, 6.07) is -6.68. The molecule has 5 aliphatic rings. The number of hydrogen-bond acceptors (Lipinski definition) is 25. The van der Waals surface area contributed by atoms with Crippen LogP contribution in [0.5, 0.6) is 5.75 Å². The summed E-state index contributed by atoms with van der Waals surface area (Å²) in [5.41, 5.74) is 13.2. The lowest BCUT2D eigenvalue weighted by molar-refractivity contribution is -0.143. The number of carbonyl (C=O) groups excluding carboxylic acids is 12. The second-order valence-electron chi connectivity index (χ2n) is 25.3. The lowest BCUT2D eigenvalue weighted by Gasteiger charge is -2.33. The maximum absolute atomic E-state index is 15.4. The van der Waals surface area contributed by atoms with Gasteiger partial charge in [-0.3, -0.25) is 62.5 Å². The fourth-order valence-electron chi connectivity index (χ4n) is 11.7. The minimum Gasteiger partial charge on any atom is -0.610 e. The third-order valence-corrected chi connectivity index (χ3v) is 20.2. The topological polar surface area (TPSA) is 507 Å². The molecule has 1 fully saturated rings. The zero-order chi connectivity index (χ0) is 74.7. The van der Waals surface area contributed by atoms with E-state index in [1.165, 1.54) is 42.8 Å². The summed E-state index contributed by atoms with van der Waals surface area (Å²) in [6.07, 6.45) is 1.12. The van der Waals surface area contributed by atoms with Crippen LogP contribution in [0, 0.1) is 11.8 Å². The van der Waals surface area contributed by atoms with Crippen LogP contribution in [0.25, 0.3) is 10.9 Å². The van der Waals surface area contributed by atoms with E-state index in [1.807, 2.05) is 0 Å². The van der Waals surface area contributed by atoms with Crippen molar-refractivity contribution in [1.29, 1.82) is 0 Å². The summed E-state index contributed by atoms with van der Waals surface area (Å²) >= 11 is -0.943. The third-order valence-electron chi connectivity index (χ3n) is 17.7. The lowest BCUT2D eigenvalue weighted by atomic mass is 9.93. The Morgan fingerprint density at radius 2 is 1.50 bits per heavy atom. The molecule has 1 saturated heterocycles. The molecular weight excluding hydrogens is 1390 g/mol. The summed E-state index contributed by atoms with van der Waals surface area (Å²) in [5.74, 6) is -10.9. The van der Waals surface area contributed by atoms with E-state index in [0.717, 1.165) is 10.6 Å². The van der Waals surface area contributed by atoms with Gasteiger partial charge in [-0.05, 0) is 49.1 Å². The van der Waals surface area contributed by atoms with Gasteiger partial charge in [0.25, 0.3) is 0 Å². The summed E-state index contributed by atoms with van der Waals surface area (Å²) < 4.78 is 43.6. The Morgan fingerprint density at radius 1 is 0.806 bits per heavy atom. The van der Waals surface area contributed by atoms with Crippen LogP contribution in [0.1, 0.15) is 76.8 Å². The maximum Gasteiger partial charge on any atom is 0.248 e. The van der Waals surface area contributed by atoms with Gasteiger partial charge in [-0.2, -0.15) is 11.8 Å². The van der Waals surface area contributed by atoms with Gasteiger partial charge in [0.05, 0.1) is 123 Å². The van der Waals surface area contributed by atoms with Gasteiger partial charge in [-0.25, -0.2) is 0 Å². The quantitative estimate of drug-likeness (QED) is 0.0234. The van der Waals surface area contributed by atoms with Crippen LogP contribution in [0.4, 0.5) is 0 Å². The number of aliphatic hydroxyl groups is 3. The number of nitrogens with one attached hydrogen (secondary N) is 11. The van der Waals surface area contributed by atoms with Crippen LogP contribution in [0.3, 0.4) is 0 Å². The number of hydrazine groups is 2. The van der Waals surface area contributed by atoms with Crippen molar-refractivity contribution in [2.24, 2.45) is 17.6 Å². The van der Waals surface area contributed by atoms with Crippen molar-refractivity contribution in [3.63, 3.8) is 0 Å². The fourth-order valence-corrected chi connectivity index (χ4v) is 14.2. The van der Waals surface area contributed by atoms with Gasteiger partial charge in [0.15, 0.2) is 11.8 Å². The number of ketones is 1. The molecule has 2 bridgehead atoms. The van der Waals surface area contributed by atoms with E-state index in [-0.39, 0.29) is 66.7 Å². The SMILES string of the molecule is CC[C@H](C)[C@@H]1NC(=O)CNC(=O)[C@@H]2Cc3c([nH]c4c(CSCCCCNC(=O)CCOCCOCCOCCOCCN5C=C(CN6CC(=O)C=CC6=O)NN5)c(OC)ccc34)[S+]([O-])C[C@H](NC(=O)CNC1=O)C(=O)N[C@@H](CCC(N)=O)C(=O)N1C[C@H](O)C[C@H]1C(=O)N[C@@H]([C@@H](C)[C@@H](O)CO)C(=O)N2. The van der Waals surface area contributed by atoms with Crippen LogP contribution in [-0.2, 0) is 99.8 Å². The molecule has 0 spiro atoms. The number of aromatic amines is 1. The first-order chi connectivity index (χ1) is 49.4. The third kappa shape index (κ3) is 24.7. The highest BCUT2D eigenvalue weighted by Gasteiger charge is 2.45. The van der Waals surface area contributed by atoms with Crippen molar-refractivity contribution in [2.75, 3.05) is 124 Å². The van der Waals surface area contributed by atoms with E-state index < -0.39 is 182 Å². The van der Waals surface area contributed by atoms with Gasteiger partial charge in [0, 0.05) is 90.4 Å². The smallest absolute Gasteiger partial charge is 0.248 e. The molecule has 103 heavy (non-hydrogen) atoms. The van der Waals surface area contributed by atoms with Gasteiger partial charge in [-0.15, -0.1) is 5.53 Å². The Hall–Kier alpha value is -8.18. The molecule has 6 heterocycles. The molecule has 38 heteroatoms. The van der Waals surface area contributed by atoms with Crippen molar-refractivity contribution < 1.29 is 101 Å². The maximum atomic E-state index is 15.4. The highest BCUT2D eigenvalue weighted by Crippen LogP contribution is 2.37. The largest absolute Gasteiger partial charge is 0.610 e. The molecular formula is C65H97N15O21S2. The average molecular weight is 1490 g/mol. The number of nitrogens with two attached hydrogens (primary N) is 1. The predicted octanol–water partition coefficient (Wildman–Crippen LogP) is -5.51. The molecule has 1 unspecified atom stereocenters. The number of fused-ring (bicyclic) bond motifs is 5. The molecule has 0 saturated carbocycles. The lowest BCUT2D eigenvalue weighted by Crippen LogP contribution is -2.62. The number of thioether (sulfide) groups is 1. The minimum absolute atomic E-state index is 0.0345. The number of carbonyl (C=O) groups is 12. The number of primary amides is 1. The Balaban J connectivity index is 1.00. The molecule has 570 valence electrons. The van der Waals surface area contributed by atoms with Crippen molar-refractivity contribution >= 4 is 105 Å². The number of unbranched alkanes of at least 4 members (excludes halogenated alkanes) is 1. The van der Waals surface area contributed by atoms with Crippen LogP contribution >= 0.6 is 11.8 Å². The monoisotopic (exact) mass is 1490 g/mol. The Labute approximate surface area is 602 Å². The fraction of sp³-hybridized carbons (Fsp3) is 0.631. The number of rotatable bonds is 33. The summed E-state index contributed by atoms with van der Waals surface area (Å²) in [4.78, 5) is 169. The highest BCUT2D eigenvalue weighted by molar-refractivity contribution is 7.98. The van der Waals surface area contributed by atoms with Gasteiger partial charge in [0.1, 0.15) is 41.7 Å². The van der Waals surface area contributed by atoms with Crippen LogP contribution in [0.2, 0.25) is 0 Å². The minimum atomic E-state index is -2.44. The standard InChI is InChI=1S/C65H97N15O21S2/c1-5-37(2)56-62(93)69-28-53(87)70-47-36-103(96)64-43(27-46(59(90)68-29-54(88)73-56)72-63(94)57(38(3)49(84)34-81)74-61(92)48-26-41(83)33-80(48)65(95)45(71-60(47)91)10-12-51(66)85)42-9-11-50(97-4)44(58(42)75-64)35-102-25-7-6-15-67-52(86)14-17-98-19-21-100-23-24-101-22-20-99-18-16-79-31-39(76-77-79)30-78-32-40(82)8-13-55(78)89/h8-9,11,13,31,37-38,41,45-49,56-57,75-77,81,83-84H,5-7,10,12,14-30,32-36H2,1-4H3,(H2,66,85)(H,67,86)(H,68,90)(H,69,93)(H,70,87)(H,71,91)(H,72,94)(H,73,88)(H,74,92)/t37-,38-,41+,45-,46-,47-,48-,49-,56-,57-,103?/m0/s1. The first kappa shape index (κ1) is 82.1. The molecule has 5 aliphatic heterocycles. The second kappa shape index (κ2) is 41.3. The zero-order valence-electron chi connectivity index (χ0n) is 58.2. The number of ether oxygens (including phenoxy) is 5. The second-order valence-corrected chi connectivity index (χ2v) is 27.8. The molecule has 11 atom stereocenters. The summed E-state index contributed by atoms with van der Waals surface area (Å²) in [6.45, 7) is 5.52. The molecule has 0 aliphatic carbocycles. The van der Waals surface area contributed by atoms with E-state index in [4.69, 9.17) is 29.4 Å². The summed E-state index contributed by atoms with van der Waals surface area (Å²) in [7, 11) is 1.44. The van der Waals surface area contributed by atoms with E-state index >= 15 is 4.55 Å². The van der Waals surface area contributed by atoms with Gasteiger partial charge >= 0.3 is 0 Å². The Bertz CT molecular complexity index is 3380. The van der Waals surface area contributed by atoms with Gasteiger partial charge in [-0.1, -0.05) is 27.2 Å². The summed E-state index contributed by atoms with van der Waals surface area (Å²) in [5, 5.41) is 54.7. The molecule has 16 N–H and O–H groups in total. The molecule has 7 rings (SSSR count). The van der Waals surface area contributed by atoms with Gasteiger partial charge in [0.2, 0.25) is 70.0 Å². The van der Waals surface area contributed by atoms with Crippen LogP contribution < -0.4 is 64.0 Å². The molecule has 36 nitrogen and oxygen atoms in total. The molecule has 1 aromatic heterocycles. The normalized spacial score (nSPS) is 23.6. The number of methoxy groups -OCH3 is 1. The van der Waals surface area contributed by atoms with Crippen LogP contribution in [0.15, 0.2) is 41.2 Å². The molecule has 1 aromatic carbocycles. The van der Waals surface area contributed by atoms with Gasteiger partial charge < -0.3 is 112 Å². The number of H-pyrrole nitrogens is 1. The van der Waals surface area contributed by atoms with Crippen LogP contribution in [-0.4, -0.2) is 283 Å². The average Bonchev–Trinajstić information content (AvgIpc) is 1.62. The van der Waals surface area contributed by atoms with Crippen molar-refractivity contribution in [1.82, 2.24) is 73.3 Å². The van der Waals surface area contributed by atoms with E-state index in [9.17, 15) is 72.9 Å². The number of hydrogen-bond donors (Lipinski definition) is 15. The van der Waals surface area contributed by atoms with E-state index in [2.05, 4.69) is 58.5 Å². The molecule has 2 aromatic rings. The Kier molecular flexibility index (Phi) is 33.0. The highest BCUT2D eigenvalue weighted by atomic mass is 32.2. The molecule has 11 amide bonds. The first-order valence-corrected chi connectivity index (χ1v) is 36.7.